The number of aliphatic hydroxyl groups excluding tert-OH is 1. The number of likely N-dealkylation sites (N-methyl/N-ethyl adjacent to an activating group) is 1. The number of nitrogens with zero attached hydrogens (tertiary/aromatic N) is 2. The highest BCUT2D eigenvalue weighted by molar-refractivity contribution is 6.30. The molecule has 0 saturated carbocycles. The highest BCUT2D eigenvalue weighted by Gasteiger charge is 2.47. The first-order valence-corrected chi connectivity index (χ1v) is 8.89. The van der Waals surface area contributed by atoms with Gasteiger partial charge in [0.15, 0.2) is 6.61 Å². The Kier molecular flexibility index (Phi) is 5.33. The van der Waals surface area contributed by atoms with E-state index in [1.54, 1.807) is 24.3 Å². The van der Waals surface area contributed by atoms with E-state index in [4.69, 9.17) is 16.3 Å². The van der Waals surface area contributed by atoms with Gasteiger partial charge in [0.05, 0.1) is 6.61 Å². The Morgan fingerprint density at radius 2 is 2.25 bits per heavy atom. The average molecular weight is 353 g/mol. The second-order valence-electron chi connectivity index (χ2n) is 6.96. The fraction of sp³-hybridized carbons (Fsp3) is 0.611. The number of carbonyl (C=O) groups excluding carboxylic acids is 1. The van der Waals surface area contributed by atoms with E-state index in [2.05, 4.69) is 11.9 Å². The quantitative estimate of drug-likeness (QED) is 0.900. The van der Waals surface area contributed by atoms with Crippen LogP contribution in [0.3, 0.4) is 0 Å². The molecule has 0 radical (unpaired) electrons. The third kappa shape index (κ3) is 3.53. The molecule has 5 nitrogen and oxygen atoms in total. The van der Waals surface area contributed by atoms with E-state index in [-0.39, 0.29) is 30.6 Å². The van der Waals surface area contributed by atoms with Crippen LogP contribution < -0.4 is 4.74 Å². The van der Waals surface area contributed by atoms with Crippen molar-refractivity contribution in [3.8, 4) is 5.75 Å². The van der Waals surface area contributed by atoms with E-state index in [1.807, 2.05) is 4.90 Å². The summed E-state index contributed by atoms with van der Waals surface area (Å²) in [5.41, 5.74) is -0.0579. The van der Waals surface area contributed by atoms with Crippen LogP contribution in [0.4, 0.5) is 0 Å². The summed E-state index contributed by atoms with van der Waals surface area (Å²) in [6.45, 7) is 2.58. The van der Waals surface area contributed by atoms with Crippen molar-refractivity contribution in [1.29, 1.82) is 0 Å². The van der Waals surface area contributed by atoms with Gasteiger partial charge in [0.1, 0.15) is 5.75 Å². The largest absolute Gasteiger partial charge is 0.484 e. The molecule has 3 rings (SSSR count). The molecule has 0 aliphatic carbocycles. The Balaban J connectivity index is 1.60. The minimum Gasteiger partial charge on any atom is -0.484 e. The summed E-state index contributed by atoms with van der Waals surface area (Å²) in [4.78, 5) is 16.7. The average Bonchev–Trinajstić information content (AvgIpc) is 2.60. The van der Waals surface area contributed by atoms with Crippen molar-refractivity contribution in [2.45, 2.75) is 25.3 Å². The number of aliphatic hydroxyl groups is 1. The second-order valence-corrected chi connectivity index (χ2v) is 7.39. The molecule has 0 aromatic heterocycles. The molecular weight excluding hydrogens is 328 g/mol. The Bertz CT molecular complexity index is 597. The van der Waals surface area contributed by atoms with Crippen molar-refractivity contribution in [3.63, 3.8) is 0 Å². The molecule has 1 aromatic rings. The van der Waals surface area contributed by atoms with Crippen LogP contribution in [0.15, 0.2) is 24.3 Å². The molecule has 2 saturated heterocycles. The van der Waals surface area contributed by atoms with E-state index in [0.717, 1.165) is 25.8 Å². The van der Waals surface area contributed by atoms with Crippen LogP contribution in [-0.4, -0.2) is 66.8 Å². The van der Waals surface area contributed by atoms with Gasteiger partial charge in [-0.3, -0.25) is 4.79 Å². The third-order valence-electron chi connectivity index (χ3n) is 5.52. The molecular formula is C18H25ClN2O3. The van der Waals surface area contributed by atoms with Gasteiger partial charge in [-0.1, -0.05) is 17.7 Å². The summed E-state index contributed by atoms with van der Waals surface area (Å²) >= 11 is 5.93. The maximum atomic E-state index is 12.5. The smallest absolute Gasteiger partial charge is 0.260 e. The standard InChI is InChI=1S/C18H25ClN2O3/c1-20-8-3-6-18(13-22)7-9-21(11-16(18)20)17(23)12-24-15-5-2-4-14(19)10-15/h2,4-5,10,16,22H,3,6-9,11-13H2,1H3/t16-,18-/m1/s1. The van der Waals surface area contributed by atoms with E-state index < -0.39 is 0 Å². The number of hydrogen-bond acceptors (Lipinski definition) is 4. The predicted octanol–water partition coefficient (Wildman–Crippen LogP) is 2.02. The first-order valence-electron chi connectivity index (χ1n) is 8.51. The zero-order chi connectivity index (χ0) is 17.2. The molecule has 2 heterocycles. The number of fused-ring (bicyclic) bond motifs is 1. The van der Waals surface area contributed by atoms with Gasteiger partial charge in [0, 0.05) is 29.6 Å². The van der Waals surface area contributed by atoms with Crippen molar-refractivity contribution >= 4 is 17.5 Å². The number of likely N-dealkylation sites (tertiary alicyclic amines) is 2. The maximum absolute atomic E-state index is 12.5. The van der Waals surface area contributed by atoms with Gasteiger partial charge in [-0.25, -0.2) is 0 Å². The number of amides is 1. The van der Waals surface area contributed by atoms with E-state index >= 15 is 0 Å². The lowest BCUT2D eigenvalue weighted by atomic mass is 9.69. The van der Waals surface area contributed by atoms with Gasteiger partial charge in [0.2, 0.25) is 0 Å². The fourth-order valence-corrected chi connectivity index (χ4v) is 4.22. The number of rotatable bonds is 4. The van der Waals surface area contributed by atoms with Gasteiger partial charge < -0.3 is 19.6 Å². The van der Waals surface area contributed by atoms with E-state index in [0.29, 0.717) is 23.9 Å². The molecule has 132 valence electrons. The van der Waals surface area contributed by atoms with Crippen LogP contribution in [0.5, 0.6) is 5.75 Å². The summed E-state index contributed by atoms with van der Waals surface area (Å²) in [6, 6.07) is 7.29. The Labute approximate surface area is 148 Å². The summed E-state index contributed by atoms with van der Waals surface area (Å²) in [6.07, 6.45) is 3.00. The second kappa shape index (κ2) is 7.30. The Morgan fingerprint density at radius 1 is 1.42 bits per heavy atom. The molecule has 1 amide bonds. The van der Waals surface area contributed by atoms with Crippen LogP contribution in [0.2, 0.25) is 5.02 Å². The first-order chi connectivity index (χ1) is 11.5. The van der Waals surface area contributed by atoms with Crippen molar-refractivity contribution in [3.05, 3.63) is 29.3 Å². The van der Waals surface area contributed by atoms with Crippen LogP contribution in [-0.2, 0) is 4.79 Å². The van der Waals surface area contributed by atoms with Crippen molar-refractivity contribution in [2.75, 3.05) is 39.9 Å². The molecule has 2 atom stereocenters. The van der Waals surface area contributed by atoms with Gasteiger partial charge >= 0.3 is 0 Å². The molecule has 0 unspecified atom stereocenters. The van der Waals surface area contributed by atoms with Gasteiger partial charge in [0.25, 0.3) is 5.91 Å². The lowest BCUT2D eigenvalue weighted by molar-refractivity contribution is -0.141. The molecule has 2 aliphatic heterocycles. The van der Waals surface area contributed by atoms with Gasteiger partial charge in [-0.05, 0) is 51.1 Å². The zero-order valence-corrected chi connectivity index (χ0v) is 14.8. The summed E-state index contributed by atoms with van der Waals surface area (Å²) in [7, 11) is 2.09. The fourth-order valence-electron chi connectivity index (χ4n) is 4.04. The van der Waals surface area contributed by atoms with Crippen LogP contribution in [0, 0.1) is 5.41 Å². The lowest BCUT2D eigenvalue weighted by Crippen LogP contribution is -2.62. The topological polar surface area (TPSA) is 53.0 Å². The molecule has 2 fully saturated rings. The van der Waals surface area contributed by atoms with Crippen LogP contribution in [0.1, 0.15) is 19.3 Å². The molecule has 6 heteroatoms. The number of halogens is 1. The maximum Gasteiger partial charge on any atom is 0.260 e. The highest BCUT2D eigenvalue weighted by atomic mass is 35.5. The molecule has 0 spiro atoms. The molecule has 1 N–H and O–H groups in total. The minimum absolute atomic E-state index is 0.0134. The summed E-state index contributed by atoms with van der Waals surface area (Å²) in [5.74, 6) is 0.591. The summed E-state index contributed by atoms with van der Waals surface area (Å²) < 4.78 is 5.58. The molecule has 1 aromatic carbocycles. The third-order valence-corrected chi connectivity index (χ3v) is 5.76. The lowest BCUT2D eigenvalue weighted by Gasteiger charge is -2.53. The molecule has 2 aliphatic rings. The minimum atomic E-state index is -0.0579. The molecule has 0 bridgehead atoms. The van der Waals surface area contributed by atoms with Gasteiger partial charge in [-0.2, -0.15) is 0 Å². The number of ether oxygens (including phenoxy) is 1. The van der Waals surface area contributed by atoms with Crippen molar-refractivity contribution < 1.29 is 14.6 Å². The van der Waals surface area contributed by atoms with E-state index in [9.17, 15) is 9.90 Å². The number of hydrogen-bond donors (Lipinski definition) is 1. The SMILES string of the molecule is CN1CCC[C@]2(CO)CCN(C(=O)COc3cccc(Cl)c3)C[C@@H]12. The number of piperidine rings is 2. The van der Waals surface area contributed by atoms with Crippen molar-refractivity contribution in [2.24, 2.45) is 5.41 Å². The zero-order valence-electron chi connectivity index (χ0n) is 14.1. The normalized spacial score (nSPS) is 27.6. The number of benzene rings is 1. The Hall–Kier alpha value is -1.30. The predicted molar refractivity (Wildman–Crippen MR) is 93.3 cm³/mol. The van der Waals surface area contributed by atoms with Crippen LogP contribution in [0.25, 0.3) is 0 Å². The highest BCUT2D eigenvalue weighted by Crippen LogP contribution is 2.41. The molecule has 24 heavy (non-hydrogen) atoms. The summed E-state index contributed by atoms with van der Waals surface area (Å²) in [5, 5.41) is 10.5. The number of carbonyl (C=O) groups is 1. The van der Waals surface area contributed by atoms with E-state index in [1.165, 1.54) is 0 Å². The van der Waals surface area contributed by atoms with Gasteiger partial charge in [-0.15, -0.1) is 0 Å². The first kappa shape index (κ1) is 17.5. The monoisotopic (exact) mass is 352 g/mol. The Morgan fingerprint density at radius 3 is 3.00 bits per heavy atom. The van der Waals surface area contributed by atoms with Crippen molar-refractivity contribution in [1.82, 2.24) is 9.80 Å². The van der Waals surface area contributed by atoms with Crippen LogP contribution >= 0.6 is 11.6 Å².